The van der Waals surface area contributed by atoms with Crippen LogP contribution in [0.25, 0.3) is 11.0 Å². The highest BCUT2D eigenvalue weighted by Crippen LogP contribution is 2.30. The molecule has 1 saturated heterocycles. The van der Waals surface area contributed by atoms with Crippen LogP contribution in [0.5, 0.6) is 0 Å². The predicted octanol–water partition coefficient (Wildman–Crippen LogP) is 2.45. The summed E-state index contributed by atoms with van der Waals surface area (Å²) in [5.41, 5.74) is 6.93. The number of fused-ring (bicyclic) bond motifs is 1. The number of carbonyl (C=O) groups is 1. The molecule has 0 radical (unpaired) electrons. The number of halogens is 1. The molecule has 1 aromatic heterocycles. The van der Waals surface area contributed by atoms with Gasteiger partial charge < -0.3 is 14.9 Å². The summed E-state index contributed by atoms with van der Waals surface area (Å²) < 4.78 is 37.7. The number of hydrogen-bond acceptors (Lipinski definition) is 6. The highest BCUT2D eigenvalue weighted by atomic mass is 35.5. The Labute approximate surface area is 158 Å². The van der Waals surface area contributed by atoms with Crippen LogP contribution in [0.15, 0.2) is 27.5 Å². The lowest BCUT2D eigenvalue weighted by molar-refractivity contribution is 0.0491. The molecule has 1 aromatic carbocycles. The van der Waals surface area contributed by atoms with Gasteiger partial charge >= 0.3 is 5.97 Å². The summed E-state index contributed by atoms with van der Waals surface area (Å²) in [7, 11) is -3.63. The number of esters is 1. The Bertz CT molecular complexity index is 909. The molecule has 0 spiro atoms. The molecule has 26 heavy (non-hydrogen) atoms. The van der Waals surface area contributed by atoms with Gasteiger partial charge in [-0.1, -0.05) is 0 Å². The Hall–Kier alpha value is -1.61. The van der Waals surface area contributed by atoms with Crippen LogP contribution in [0.3, 0.4) is 0 Å². The number of furan rings is 1. The monoisotopic (exact) mass is 402 g/mol. The summed E-state index contributed by atoms with van der Waals surface area (Å²) in [6.45, 7) is 4.45. The minimum absolute atomic E-state index is 0. The van der Waals surface area contributed by atoms with Gasteiger partial charge in [0.2, 0.25) is 15.8 Å². The van der Waals surface area contributed by atoms with Gasteiger partial charge in [-0.15, -0.1) is 12.4 Å². The quantitative estimate of drug-likeness (QED) is 0.788. The number of nitrogens with zero attached hydrogens (tertiary/aromatic N) is 1. The number of aryl methyl sites for hydroxylation is 1. The minimum atomic E-state index is -3.63. The van der Waals surface area contributed by atoms with E-state index in [1.165, 1.54) is 10.4 Å². The Balaban J connectivity index is 0.00000243. The first-order valence-corrected chi connectivity index (χ1v) is 9.74. The second-order valence-electron chi connectivity index (χ2n) is 6.20. The van der Waals surface area contributed by atoms with Gasteiger partial charge in [0, 0.05) is 30.1 Å². The van der Waals surface area contributed by atoms with Gasteiger partial charge in [0.25, 0.3) is 0 Å². The smallest absolute Gasteiger partial charge is 0.374 e. The van der Waals surface area contributed by atoms with Crippen molar-refractivity contribution < 1.29 is 22.4 Å². The van der Waals surface area contributed by atoms with E-state index in [0.717, 1.165) is 12.8 Å². The number of nitrogens with two attached hydrogens (primary N) is 1. The van der Waals surface area contributed by atoms with E-state index in [-0.39, 0.29) is 35.7 Å². The largest absolute Gasteiger partial charge is 0.460 e. The number of sulfonamides is 1. The van der Waals surface area contributed by atoms with E-state index in [2.05, 4.69) is 0 Å². The number of benzene rings is 1. The Morgan fingerprint density at radius 2 is 2.15 bits per heavy atom. The van der Waals surface area contributed by atoms with E-state index in [4.69, 9.17) is 14.9 Å². The first kappa shape index (κ1) is 20.7. The van der Waals surface area contributed by atoms with Crippen LogP contribution in [-0.4, -0.2) is 44.4 Å². The predicted molar refractivity (Wildman–Crippen MR) is 100 cm³/mol. The van der Waals surface area contributed by atoms with E-state index < -0.39 is 16.0 Å². The van der Waals surface area contributed by atoms with Gasteiger partial charge in [-0.2, -0.15) is 4.31 Å². The maximum Gasteiger partial charge on any atom is 0.374 e. The summed E-state index contributed by atoms with van der Waals surface area (Å²) >= 11 is 0. The Morgan fingerprint density at radius 1 is 1.42 bits per heavy atom. The van der Waals surface area contributed by atoms with E-state index in [0.29, 0.717) is 29.6 Å². The van der Waals surface area contributed by atoms with Crippen molar-refractivity contribution in [3.8, 4) is 0 Å². The first-order valence-electron chi connectivity index (χ1n) is 8.30. The zero-order valence-corrected chi connectivity index (χ0v) is 16.4. The zero-order chi connectivity index (χ0) is 18.2. The van der Waals surface area contributed by atoms with Crippen LogP contribution in [0.2, 0.25) is 0 Å². The fourth-order valence-corrected chi connectivity index (χ4v) is 4.66. The number of ether oxygens (including phenoxy) is 1. The average molecular weight is 403 g/mol. The Kier molecular flexibility index (Phi) is 6.33. The lowest BCUT2D eigenvalue weighted by Gasteiger charge is -2.29. The molecule has 144 valence electrons. The molecule has 2 heterocycles. The average Bonchev–Trinajstić information content (AvgIpc) is 2.91. The molecule has 1 fully saturated rings. The second-order valence-corrected chi connectivity index (χ2v) is 8.14. The molecular weight excluding hydrogens is 380 g/mol. The van der Waals surface area contributed by atoms with Crippen LogP contribution in [-0.2, 0) is 14.8 Å². The molecule has 1 aliphatic heterocycles. The van der Waals surface area contributed by atoms with Gasteiger partial charge in [-0.05, 0) is 44.9 Å². The lowest BCUT2D eigenvalue weighted by atomic mass is 10.1. The van der Waals surface area contributed by atoms with Crippen LogP contribution in [0, 0.1) is 6.92 Å². The van der Waals surface area contributed by atoms with Crippen LogP contribution in [0.1, 0.15) is 35.9 Å². The van der Waals surface area contributed by atoms with Gasteiger partial charge in [-0.3, -0.25) is 0 Å². The first-order chi connectivity index (χ1) is 11.8. The molecule has 0 bridgehead atoms. The third kappa shape index (κ3) is 3.73. The molecule has 0 amide bonds. The molecule has 3 rings (SSSR count). The number of carbonyl (C=O) groups excluding carboxylic acids is 1. The fourth-order valence-electron chi connectivity index (χ4n) is 3.09. The summed E-state index contributed by atoms with van der Waals surface area (Å²) in [5.74, 6) is -0.450. The molecule has 7 nitrogen and oxygen atoms in total. The standard InChI is InChI=1S/C17H22N2O5S.ClH/c1-3-23-17(20)16-11(2)14-9-13(6-7-15(14)24-16)25(21,22)19-8-4-5-12(18)10-19;/h6-7,9,12H,3-5,8,10,18H2,1-2H3;1H. The molecule has 2 aromatic rings. The maximum absolute atomic E-state index is 12.9. The van der Waals surface area contributed by atoms with Crippen molar-refractivity contribution in [1.82, 2.24) is 4.31 Å². The van der Waals surface area contributed by atoms with Gasteiger partial charge in [-0.25, -0.2) is 13.2 Å². The summed E-state index contributed by atoms with van der Waals surface area (Å²) in [6, 6.07) is 4.47. The topological polar surface area (TPSA) is 103 Å². The van der Waals surface area contributed by atoms with E-state index in [1.54, 1.807) is 26.0 Å². The zero-order valence-electron chi connectivity index (χ0n) is 14.7. The van der Waals surface area contributed by atoms with E-state index in [1.807, 2.05) is 0 Å². The van der Waals surface area contributed by atoms with Crippen molar-refractivity contribution in [2.75, 3.05) is 19.7 Å². The third-order valence-corrected chi connectivity index (χ3v) is 6.29. The molecule has 0 saturated carbocycles. The van der Waals surface area contributed by atoms with Crippen molar-refractivity contribution >= 4 is 39.4 Å². The molecule has 1 atom stereocenters. The SMILES string of the molecule is CCOC(=O)c1oc2ccc(S(=O)(=O)N3CCCC(N)C3)cc2c1C.Cl. The maximum atomic E-state index is 12.9. The second kappa shape index (κ2) is 7.96. The van der Waals surface area contributed by atoms with Gasteiger partial charge in [0.05, 0.1) is 11.5 Å². The molecule has 9 heteroatoms. The summed E-state index contributed by atoms with van der Waals surface area (Å²) in [5, 5.41) is 0.588. The van der Waals surface area contributed by atoms with Gasteiger partial charge in [0.1, 0.15) is 5.58 Å². The molecular formula is C17H23ClN2O5S. The molecule has 1 aliphatic rings. The third-order valence-electron chi connectivity index (χ3n) is 4.43. The van der Waals surface area contributed by atoms with Crippen molar-refractivity contribution in [3.05, 3.63) is 29.5 Å². The minimum Gasteiger partial charge on any atom is -0.460 e. The Morgan fingerprint density at radius 3 is 2.81 bits per heavy atom. The molecule has 0 aliphatic carbocycles. The van der Waals surface area contributed by atoms with Crippen molar-refractivity contribution in [1.29, 1.82) is 0 Å². The highest BCUT2D eigenvalue weighted by Gasteiger charge is 2.30. The van der Waals surface area contributed by atoms with Crippen molar-refractivity contribution in [2.45, 2.75) is 37.6 Å². The van der Waals surface area contributed by atoms with Crippen LogP contribution in [0.4, 0.5) is 0 Å². The van der Waals surface area contributed by atoms with Crippen LogP contribution >= 0.6 is 12.4 Å². The molecule has 1 unspecified atom stereocenters. The summed E-state index contributed by atoms with van der Waals surface area (Å²) in [6.07, 6.45) is 1.58. The van der Waals surface area contributed by atoms with E-state index in [9.17, 15) is 13.2 Å². The van der Waals surface area contributed by atoms with Crippen molar-refractivity contribution in [2.24, 2.45) is 5.73 Å². The van der Waals surface area contributed by atoms with Crippen LogP contribution < -0.4 is 5.73 Å². The summed E-state index contributed by atoms with van der Waals surface area (Å²) in [4.78, 5) is 12.1. The number of piperidine rings is 1. The normalized spacial score (nSPS) is 18.5. The van der Waals surface area contributed by atoms with E-state index >= 15 is 0 Å². The highest BCUT2D eigenvalue weighted by molar-refractivity contribution is 7.89. The molecule has 2 N–H and O–H groups in total. The number of hydrogen-bond donors (Lipinski definition) is 1. The lowest BCUT2D eigenvalue weighted by Crippen LogP contribution is -2.45. The van der Waals surface area contributed by atoms with Crippen molar-refractivity contribution in [3.63, 3.8) is 0 Å². The fraction of sp³-hybridized carbons (Fsp3) is 0.471. The van der Waals surface area contributed by atoms with Gasteiger partial charge in [0.15, 0.2) is 0 Å². The number of rotatable bonds is 4.